The topological polar surface area (TPSA) is 92.3 Å². The van der Waals surface area contributed by atoms with Gasteiger partial charge in [-0.15, -0.1) is 11.3 Å². The van der Waals surface area contributed by atoms with E-state index in [1.807, 2.05) is 36.4 Å². The number of hydrogen-bond donors (Lipinski definition) is 2. The number of nitrogens with two attached hydrogens (primary N) is 1. The molecule has 3 N–H and O–H groups in total. The van der Waals surface area contributed by atoms with Crippen molar-refractivity contribution in [3.05, 3.63) is 57.6 Å². The lowest BCUT2D eigenvalue weighted by Crippen LogP contribution is -2.27. The Morgan fingerprint density at radius 3 is 2.64 bits per heavy atom. The van der Waals surface area contributed by atoms with Crippen molar-refractivity contribution in [1.82, 2.24) is 9.97 Å². The summed E-state index contributed by atoms with van der Waals surface area (Å²) < 4.78 is 0.696. The summed E-state index contributed by atoms with van der Waals surface area (Å²) in [4.78, 5) is 21.1. The smallest absolute Gasteiger partial charge is 0.303 e. The van der Waals surface area contributed by atoms with E-state index < -0.39 is 5.97 Å². The first-order valence-corrected chi connectivity index (χ1v) is 10.2. The third-order valence-corrected chi connectivity index (χ3v) is 6.00. The highest BCUT2D eigenvalue weighted by Crippen LogP contribution is 2.35. The minimum absolute atomic E-state index is 0.109. The van der Waals surface area contributed by atoms with Gasteiger partial charge in [0.05, 0.1) is 14.9 Å². The monoisotopic (exact) mass is 414 g/mol. The van der Waals surface area contributed by atoms with Crippen molar-refractivity contribution < 1.29 is 9.90 Å². The molecule has 0 atom stereocenters. The third kappa shape index (κ3) is 3.87. The first kappa shape index (κ1) is 18.9. The fraction of sp³-hybridized carbons (Fsp3) is 0.250. The molecule has 1 aromatic carbocycles. The maximum atomic E-state index is 10.7. The number of hydrazine groups is 1. The standard InChI is InChI=1S/C20H19ClN4O2S/c21-17-10-9-16(28-17)19-23-15-3-1-2-14(15)20(24-19)25(22)13-7-4-12(5-8-13)6-11-18(26)27/h4-5,7-10H,1-3,6,11,22H2,(H,26,27). The van der Waals surface area contributed by atoms with E-state index in [2.05, 4.69) is 0 Å². The van der Waals surface area contributed by atoms with Crippen LogP contribution in [0.2, 0.25) is 4.34 Å². The molecule has 1 aliphatic carbocycles. The first-order chi connectivity index (χ1) is 13.5. The van der Waals surface area contributed by atoms with Crippen LogP contribution < -0.4 is 10.9 Å². The highest BCUT2D eigenvalue weighted by molar-refractivity contribution is 7.19. The predicted molar refractivity (Wildman–Crippen MR) is 111 cm³/mol. The van der Waals surface area contributed by atoms with E-state index in [0.29, 0.717) is 22.4 Å². The molecule has 4 rings (SSSR count). The van der Waals surface area contributed by atoms with Crippen molar-refractivity contribution in [2.75, 3.05) is 5.01 Å². The predicted octanol–water partition coefficient (Wildman–Crippen LogP) is 4.38. The van der Waals surface area contributed by atoms with Crippen molar-refractivity contribution in [3.63, 3.8) is 0 Å². The number of thiophene rings is 1. The molecule has 0 saturated heterocycles. The van der Waals surface area contributed by atoms with Crippen LogP contribution in [-0.4, -0.2) is 21.0 Å². The van der Waals surface area contributed by atoms with E-state index >= 15 is 0 Å². The van der Waals surface area contributed by atoms with Crippen molar-refractivity contribution in [2.45, 2.75) is 32.1 Å². The lowest BCUT2D eigenvalue weighted by atomic mass is 10.1. The van der Waals surface area contributed by atoms with Crippen molar-refractivity contribution >= 4 is 40.4 Å². The van der Waals surface area contributed by atoms with Crippen LogP contribution in [0.25, 0.3) is 10.7 Å². The second kappa shape index (κ2) is 7.87. The van der Waals surface area contributed by atoms with Gasteiger partial charge < -0.3 is 5.11 Å². The second-order valence-electron chi connectivity index (χ2n) is 6.68. The van der Waals surface area contributed by atoms with Crippen LogP contribution in [0.1, 0.15) is 29.7 Å². The number of aryl methyl sites for hydroxylation is 2. The summed E-state index contributed by atoms with van der Waals surface area (Å²) >= 11 is 7.52. The highest BCUT2D eigenvalue weighted by atomic mass is 35.5. The van der Waals surface area contributed by atoms with Gasteiger partial charge in [0.15, 0.2) is 11.6 Å². The second-order valence-corrected chi connectivity index (χ2v) is 8.40. The summed E-state index contributed by atoms with van der Waals surface area (Å²) in [5.41, 5.74) is 3.88. The molecular weight excluding hydrogens is 396 g/mol. The summed E-state index contributed by atoms with van der Waals surface area (Å²) in [6, 6.07) is 11.4. The molecule has 3 aromatic rings. The van der Waals surface area contributed by atoms with Crippen LogP contribution >= 0.6 is 22.9 Å². The maximum Gasteiger partial charge on any atom is 0.303 e. The van der Waals surface area contributed by atoms with Gasteiger partial charge in [-0.3, -0.25) is 9.80 Å². The van der Waals surface area contributed by atoms with Gasteiger partial charge >= 0.3 is 5.97 Å². The number of carboxylic acids is 1. The number of aliphatic carboxylic acids is 1. The zero-order chi connectivity index (χ0) is 19.7. The summed E-state index contributed by atoms with van der Waals surface area (Å²) in [6.07, 6.45) is 3.46. The van der Waals surface area contributed by atoms with Crippen LogP contribution in [0, 0.1) is 0 Å². The van der Waals surface area contributed by atoms with Gasteiger partial charge in [0.2, 0.25) is 0 Å². The molecule has 8 heteroatoms. The number of nitrogens with zero attached hydrogens (tertiary/aromatic N) is 3. The van der Waals surface area contributed by atoms with Crippen molar-refractivity contribution in [1.29, 1.82) is 0 Å². The van der Waals surface area contributed by atoms with E-state index in [0.717, 1.165) is 46.6 Å². The Morgan fingerprint density at radius 1 is 1.18 bits per heavy atom. The Labute approximate surface area is 171 Å². The molecule has 0 bridgehead atoms. The zero-order valence-electron chi connectivity index (χ0n) is 15.1. The zero-order valence-corrected chi connectivity index (χ0v) is 16.6. The van der Waals surface area contributed by atoms with Gasteiger partial charge in [0, 0.05) is 17.7 Å². The molecule has 0 aliphatic heterocycles. The van der Waals surface area contributed by atoms with E-state index in [1.165, 1.54) is 11.3 Å². The summed E-state index contributed by atoms with van der Waals surface area (Å²) in [5, 5.41) is 10.4. The fourth-order valence-corrected chi connectivity index (χ4v) is 4.33. The number of rotatable bonds is 6. The number of hydrogen-bond acceptors (Lipinski definition) is 6. The molecule has 0 unspecified atom stereocenters. The summed E-state index contributed by atoms with van der Waals surface area (Å²) in [6.45, 7) is 0. The lowest BCUT2D eigenvalue weighted by Gasteiger charge is -2.21. The summed E-state index contributed by atoms with van der Waals surface area (Å²) in [5.74, 6) is 6.99. The Balaban J connectivity index is 1.66. The van der Waals surface area contributed by atoms with Gasteiger partial charge in [-0.25, -0.2) is 15.8 Å². The highest BCUT2D eigenvalue weighted by Gasteiger charge is 2.23. The van der Waals surface area contributed by atoms with E-state index in [1.54, 1.807) is 5.01 Å². The molecule has 0 saturated carbocycles. The molecule has 0 radical (unpaired) electrons. The lowest BCUT2D eigenvalue weighted by molar-refractivity contribution is -0.136. The molecule has 0 amide bonds. The molecule has 28 heavy (non-hydrogen) atoms. The SMILES string of the molecule is NN(c1ccc(CCC(=O)O)cc1)c1nc(-c2ccc(Cl)s2)nc2c1CCC2. The van der Waals surface area contributed by atoms with Crippen LogP contribution in [0.5, 0.6) is 0 Å². The number of aromatic nitrogens is 2. The van der Waals surface area contributed by atoms with E-state index in [9.17, 15) is 4.79 Å². The van der Waals surface area contributed by atoms with E-state index in [-0.39, 0.29) is 6.42 Å². The Hall–Kier alpha value is -2.48. The Morgan fingerprint density at radius 2 is 1.96 bits per heavy atom. The molecule has 144 valence electrons. The summed E-state index contributed by atoms with van der Waals surface area (Å²) in [7, 11) is 0. The van der Waals surface area contributed by atoms with Gasteiger partial charge in [-0.1, -0.05) is 23.7 Å². The van der Waals surface area contributed by atoms with Crippen LogP contribution in [0.15, 0.2) is 36.4 Å². The quantitative estimate of drug-likeness (QED) is 0.459. The minimum atomic E-state index is -0.803. The van der Waals surface area contributed by atoms with Gasteiger partial charge in [-0.05, 0) is 55.5 Å². The first-order valence-electron chi connectivity index (χ1n) is 9.02. The Kier molecular flexibility index (Phi) is 5.30. The van der Waals surface area contributed by atoms with Crippen molar-refractivity contribution in [3.8, 4) is 10.7 Å². The molecule has 2 aromatic heterocycles. The Bertz CT molecular complexity index is 1020. The van der Waals surface area contributed by atoms with Crippen LogP contribution in [-0.2, 0) is 24.1 Å². The van der Waals surface area contributed by atoms with Gasteiger partial charge in [0.25, 0.3) is 0 Å². The number of carboxylic acid groups (broad SMARTS) is 1. The van der Waals surface area contributed by atoms with Gasteiger partial charge in [-0.2, -0.15) is 0 Å². The number of fused-ring (bicyclic) bond motifs is 1. The number of halogens is 1. The molecule has 6 nitrogen and oxygen atoms in total. The normalized spacial score (nSPS) is 12.8. The van der Waals surface area contributed by atoms with Crippen LogP contribution in [0.4, 0.5) is 11.5 Å². The molecular formula is C20H19ClN4O2S. The van der Waals surface area contributed by atoms with Crippen LogP contribution in [0.3, 0.4) is 0 Å². The maximum absolute atomic E-state index is 10.7. The average molecular weight is 415 g/mol. The molecule has 2 heterocycles. The average Bonchev–Trinajstić information content (AvgIpc) is 3.34. The molecule has 0 fully saturated rings. The number of anilines is 2. The molecule has 0 spiro atoms. The molecule has 1 aliphatic rings. The van der Waals surface area contributed by atoms with E-state index in [4.69, 9.17) is 32.5 Å². The number of carbonyl (C=O) groups is 1. The minimum Gasteiger partial charge on any atom is -0.481 e. The van der Waals surface area contributed by atoms with Crippen molar-refractivity contribution in [2.24, 2.45) is 5.84 Å². The largest absolute Gasteiger partial charge is 0.481 e. The van der Waals surface area contributed by atoms with Gasteiger partial charge in [0.1, 0.15) is 0 Å². The fourth-order valence-electron chi connectivity index (χ4n) is 3.35. The third-order valence-electron chi connectivity index (χ3n) is 4.78. The number of benzene rings is 1.